The molecule has 2 aromatic heterocycles. The molecule has 14 heteroatoms. The van der Waals surface area contributed by atoms with Crippen LogP contribution in [0.5, 0.6) is 5.88 Å². The topological polar surface area (TPSA) is 135 Å². The number of anilines is 2. The number of pyridine rings is 2. The summed E-state index contributed by atoms with van der Waals surface area (Å²) < 4.78 is 69.5. The lowest BCUT2D eigenvalue weighted by atomic mass is 9.98. The maximum atomic E-state index is 15.2. The molecular formula is C28H34F2N3O8P. The smallest absolute Gasteiger partial charge is 0.341 e. The molecule has 2 heterocycles. The van der Waals surface area contributed by atoms with Gasteiger partial charge in [-0.15, -0.1) is 0 Å². The lowest BCUT2D eigenvalue weighted by molar-refractivity contribution is -0.162. The van der Waals surface area contributed by atoms with Crippen LogP contribution in [-0.2, 0) is 38.8 Å². The molecule has 0 spiro atoms. The van der Waals surface area contributed by atoms with Gasteiger partial charge in [-0.2, -0.15) is 0 Å². The number of ether oxygens (including phenoxy) is 3. The third kappa shape index (κ3) is 8.67. The number of fused-ring (bicyclic) bond motifs is 1. The number of nitrogens with zero attached hydrogens (tertiary/aromatic N) is 2. The van der Waals surface area contributed by atoms with Crippen molar-refractivity contribution in [3.8, 4) is 5.88 Å². The van der Waals surface area contributed by atoms with Gasteiger partial charge >= 0.3 is 19.5 Å². The summed E-state index contributed by atoms with van der Waals surface area (Å²) >= 11 is 0. The summed E-state index contributed by atoms with van der Waals surface area (Å²) in [6, 6.07) is 5.23. The molecule has 3 rings (SSSR count). The Morgan fingerprint density at radius 3 is 1.95 bits per heavy atom. The van der Waals surface area contributed by atoms with Crippen LogP contribution in [0.2, 0.25) is 0 Å². The van der Waals surface area contributed by atoms with Crippen LogP contribution >= 0.6 is 7.60 Å². The number of hydrogen-bond acceptors (Lipinski definition) is 11. The van der Waals surface area contributed by atoms with Gasteiger partial charge in [0.1, 0.15) is 11.6 Å². The minimum absolute atomic E-state index is 0.0481. The fraction of sp³-hybridized carbons (Fsp3) is 0.429. The van der Waals surface area contributed by atoms with E-state index < -0.39 is 67.3 Å². The first-order valence-corrected chi connectivity index (χ1v) is 14.5. The quantitative estimate of drug-likeness (QED) is 0.145. The molecule has 11 nitrogen and oxygen atoms in total. The van der Waals surface area contributed by atoms with Gasteiger partial charge in [0.2, 0.25) is 19.5 Å². The normalized spacial score (nSPS) is 12.2. The van der Waals surface area contributed by atoms with E-state index in [9.17, 15) is 14.2 Å². The number of benzene rings is 1. The van der Waals surface area contributed by atoms with E-state index in [0.717, 1.165) is 12.1 Å². The fourth-order valence-electron chi connectivity index (χ4n) is 3.30. The molecule has 0 aliphatic heterocycles. The van der Waals surface area contributed by atoms with Crippen LogP contribution in [0.1, 0.15) is 47.1 Å². The average Bonchev–Trinajstić information content (AvgIpc) is 2.89. The number of aromatic nitrogens is 2. The van der Waals surface area contributed by atoms with Gasteiger partial charge in [-0.3, -0.25) is 28.2 Å². The third-order valence-electron chi connectivity index (χ3n) is 5.69. The summed E-state index contributed by atoms with van der Waals surface area (Å²) in [5, 5.41) is 3.50. The van der Waals surface area contributed by atoms with Crippen LogP contribution < -0.4 is 10.1 Å². The Labute approximate surface area is 242 Å². The van der Waals surface area contributed by atoms with Crippen LogP contribution in [0.25, 0.3) is 10.9 Å². The zero-order valence-electron chi connectivity index (χ0n) is 24.4. The molecule has 0 saturated carbocycles. The Balaban J connectivity index is 1.83. The van der Waals surface area contributed by atoms with E-state index in [2.05, 4.69) is 15.3 Å². The molecular weight excluding hydrogens is 575 g/mol. The summed E-state index contributed by atoms with van der Waals surface area (Å²) in [7, 11) is -2.95. The molecule has 0 saturated heterocycles. The SMILES string of the molecule is COc1cc2nccc(Nc3cc(F)c(CP(=O)(OCOC(=O)C(C)(C)C)OCOC(=O)C(C)(C)C)c(F)c3)c2cn1. The van der Waals surface area contributed by atoms with Crippen molar-refractivity contribution in [2.45, 2.75) is 47.7 Å². The number of halogens is 2. The molecule has 0 atom stereocenters. The fourth-order valence-corrected chi connectivity index (χ4v) is 4.67. The van der Waals surface area contributed by atoms with Gasteiger partial charge in [0.25, 0.3) is 0 Å². The van der Waals surface area contributed by atoms with E-state index in [1.54, 1.807) is 53.7 Å². The first-order valence-electron chi connectivity index (χ1n) is 12.8. The minimum Gasteiger partial charge on any atom is -0.481 e. The number of hydrogen-bond donors (Lipinski definition) is 1. The summed E-state index contributed by atoms with van der Waals surface area (Å²) in [6.07, 6.45) is 2.14. The molecule has 1 N–H and O–H groups in total. The molecule has 0 fully saturated rings. The maximum Gasteiger partial charge on any atom is 0.341 e. The largest absolute Gasteiger partial charge is 0.481 e. The van der Waals surface area contributed by atoms with E-state index in [1.165, 1.54) is 19.5 Å². The van der Waals surface area contributed by atoms with E-state index in [0.29, 0.717) is 22.5 Å². The van der Waals surface area contributed by atoms with Crippen molar-refractivity contribution in [2.75, 3.05) is 26.0 Å². The first kappa shape index (κ1) is 32.8. The zero-order chi connectivity index (χ0) is 31.3. The Morgan fingerprint density at radius 1 is 0.905 bits per heavy atom. The number of nitrogens with one attached hydrogen (secondary N) is 1. The van der Waals surface area contributed by atoms with Crippen molar-refractivity contribution >= 4 is 41.8 Å². The number of rotatable bonds is 11. The predicted octanol–water partition coefficient (Wildman–Crippen LogP) is 6.48. The van der Waals surface area contributed by atoms with Gasteiger partial charge in [-0.25, -0.2) is 13.8 Å². The highest BCUT2D eigenvalue weighted by atomic mass is 31.2. The highest BCUT2D eigenvalue weighted by molar-refractivity contribution is 7.53. The summed E-state index contributed by atoms with van der Waals surface area (Å²) in [6.45, 7) is 7.94. The predicted molar refractivity (Wildman–Crippen MR) is 150 cm³/mol. The lowest BCUT2D eigenvalue weighted by Crippen LogP contribution is -2.25. The Hall–Kier alpha value is -3.67. The maximum absolute atomic E-state index is 15.2. The highest BCUT2D eigenvalue weighted by Crippen LogP contribution is 2.52. The summed E-state index contributed by atoms with van der Waals surface area (Å²) in [5.41, 5.74) is -1.33. The monoisotopic (exact) mass is 609 g/mol. The van der Waals surface area contributed by atoms with Crippen molar-refractivity contribution in [2.24, 2.45) is 10.8 Å². The van der Waals surface area contributed by atoms with Crippen LogP contribution in [0.3, 0.4) is 0 Å². The van der Waals surface area contributed by atoms with Crippen LogP contribution in [0, 0.1) is 22.5 Å². The molecule has 0 unspecified atom stereocenters. The van der Waals surface area contributed by atoms with Gasteiger partial charge in [-0.1, -0.05) is 0 Å². The second-order valence-electron chi connectivity index (χ2n) is 11.3. The van der Waals surface area contributed by atoms with Crippen LogP contribution in [0.4, 0.5) is 20.2 Å². The Kier molecular flexibility index (Phi) is 10.2. The van der Waals surface area contributed by atoms with Crippen molar-refractivity contribution in [1.82, 2.24) is 9.97 Å². The van der Waals surface area contributed by atoms with Gasteiger partial charge in [0.15, 0.2) is 0 Å². The second kappa shape index (κ2) is 13.1. The van der Waals surface area contributed by atoms with E-state index in [-0.39, 0.29) is 5.69 Å². The first-order chi connectivity index (χ1) is 19.5. The molecule has 42 heavy (non-hydrogen) atoms. The van der Waals surface area contributed by atoms with Gasteiger partial charge in [-0.05, 0) is 59.7 Å². The highest BCUT2D eigenvalue weighted by Gasteiger charge is 2.32. The van der Waals surface area contributed by atoms with Crippen LogP contribution in [-0.4, -0.2) is 42.6 Å². The van der Waals surface area contributed by atoms with Gasteiger partial charge in [0, 0.05) is 35.1 Å². The number of carbonyl (C=O) groups excluding carboxylic acids is 2. The standard InChI is InChI=1S/C28H34F2N3O8P/c1-27(2,3)25(34)38-15-40-42(36,41-16-39-26(35)28(4,5)6)14-19-20(29)10-17(11-21(19)30)33-22-8-9-31-23-12-24(37-7)32-13-18(22)23/h8-13H,14-16H2,1-7H3,(H,31,33). The number of carbonyl (C=O) groups is 2. The Morgan fingerprint density at radius 2 is 1.45 bits per heavy atom. The molecule has 0 aliphatic rings. The second-order valence-corrected chi connectivity index (χ2v) is 13.3. The minimum atomic E-state index is -4.42. The third-order valence-corrected chi connectivity index (χ3v) is 7.39. The number of esters is 2. The van der Waals surface area contributed by atoms with Crippen molar-refractivity contribution in [1.29, 1.82) is 0 Å². The van der Waals surface area contributed by atoms with E-state index >= 15 is 8.78 Å². The average molecular weight is 610 g/mol. The van der Waals surface area contributed by atoms with Gasteiger partial charge in [0.05, 0.1) is 35.3 Å². The molecule has 1 aromatic carbocycles. The Bertz CT molecular complexity index is 1450. The molecule has 0 aliphatic carbocycles. The number of methoxy groups -OCH3 is 1. The summed E-state index contributed by atoms with van der Waals surface area (Å²) in [5.74, 6) is -3.09. The summed E-state index contributed by atoms with van der Waals surface area (Å²) in [4.78, 5) is 32.6. The molecule has 0 amide bonds. The van der Waals surface area contributed by atoms with E-state index in [1.807, 2.05) is 0 Å². The van der Waals surface area contributed by atoms with Crippen LogP contribution in [0.15, 0.2) is 36.7 Å². The van der Waals surface area contributed by atoms with Crippen molar-refractivity contribution in [3.63, 3.8) is 0 Å². The molecule has 228 valence electrons. The zero-order valence-corrected chi connectivity index (χ0v) is 25.3. The van der Waals surface area contributed by atoms with Crippen molar-refractivity contribution in [3.05, 3.63) is 53.9 Å². The molecule has 0 bridgehead atoms. The molecule has 3 aromatic rings. The lowest BCUT2D eigenvalue weighted by Gasteiger charge is -2.22. The molecule has 0 radical (unpaired) electrons. The van der Waals surface area contributed by atoms with Crippen molar-refractivity contribution < 1.29 is 46.2 Å². The van der Waals surface area contributed by atoms with Gasteiger partial charge < -0.3 is 19.5 Å². The van der Waals surface area contributed by atoms with E-state index in [4.69, 9.17) is 23.3 Å².